The Hall–Kier alpha value is -2.41. The average Bonchev–Trinajstić information content (AvgIpc) is 3.14. The number of rotatable bonds is 4. The van der Waals surface area contributed by atoms with Crippen LogP contribution in [0.25, 0.3) is 11.3 Å². The van der Waals surface area contributed by atoms with Crippen molar-refractivity contribution < 1.29 is 9.59 Å². The number of aromatic nitrogens is 1. The van der Waals surface area contributed by atoms with Crippen LogP contribution in [0.4, 0.5) is 10.5 Å². The number of urea groups is 1. The van der Waals surface area contributed by atoms with E-state index in [-0.39, 0.29) is 12.5 Å². The van der Waals surface area contributed by atoms with E-state index in [0.717, 1.165) is 34.9 Å². The molecule has 0 saturated carbocycles. The van der Waals surface area contributed by atoms with Gasteiger partial charge in [0.25, 0.3) is 0 Å². The second-order valence-electron chi connectivity index (χ2n) is 5.67. The Balaban J connectivity index is 1.69. The van der Waals surface area contributed by atoms with E-state index in [1.165, 1.54) is 5.56 Å². The van der Waals surface area contributed by atoms with Gasteiger partial charge in [-0.3, -0.25) is 10.1 Å². The number of amides is 3. The number of carbonyl (C=O) groups excluding carboxylic acids is 2. The topological polar surface area (TPSA) is 74.3 Å². The van der Waals surface area contributed by atoms with E-state index in [1.807, 2.05) is 30.9 Å². The van der Waals surface area contributed by atoms with Crippen molar-refractivity contribution in [1.82, 2.24) is 15.6 Å². The summed E-state index contributed by atoms with van der Waals surface area (Å²) >= 11 is 1.64. The molecule has 0 atom stereocenters. The molecule has 1 aromatic heterocycles. The van der Waals surface area contributed by atoms with Gasteiger partial charge < -0.3 is 10.2 Å². The van der Waals surface area contributed by atoms with Gasteiger partial charge in [0, 0.05) is 29.7 Å². The van der Waals surface area contributed by atoms with Crippen LogP contribution in [0.2, 0.25) is 0 Å². The predicted molar refractivity (Wildman–Crippen MR) is 95.4 cm³/mol. The number of hydrogen-bond acceptors (Lipinski definition) is 5. The van der Waals surface area contributed by atoms with Gasteiger partial charge in [0.05, 0.1) is 17.2 Å². The Kier molecular flexibility index (Phi) is 4.80. The van der Waals surface area contributed by atoms with Crippen LogP contribution in [0.5, 0.6) is 0 Å². The minimum atomic E-state index is -0.448. The summed E-state index contributed by atoms with van der Waals surface area (Å²) in [6.45, 7) is 5.25. The average molecular weight is 344 g/mol. The van der Waals surface area contributed by atoms with E-state index in [1.54, 1.807) is 11.3 Å². The van der Waals surface area contributed by atoms with Gasteiger partial charge in [0.1, 0.15) is 0 Å². The third-order valence-electron chi connectivity index (χ3n) is 3.91. The van der Waals surface area contributed by atoms with Gasteiger partial charge in [-0.2, -0.15) is 0 Å². The smallest absolute Gasteiger partial charge is 0.321 e. The number of thiazole rings is 1. The van der Waals surface area contributed by atoms with Gasteiger partial charge in [-0.05, 0) is 38.0 Å². The van der Waals surface area contributed by atoms with Crippen LogP contribution in [-0.2, 0) is 11.2 Å². The standard InChI is InChI=1S/C17H20N4O2S/c1-3-18-17(23)20-16(22)9-21-7-6-13-8-12(4-5-15(13)21)14-10-24-11(2)19-14/h4-5,8,10H,3,6-7,9H2,1-2H3,(H2,18,20,22,23). The van der Waals surface area contributed by atoms with Crippen LogP contribution < -0.4 is 15.5 Å². The van der Waals surface area contributed by atoms with Crippen LogP contribution in [0.3, 0.4) is 0 Å². The normalized spacial score (nSPS) is 12.8. The van der Waals surface area contributed by atoms with Crippen molar-refractivity contribution in [3.05, 3.63) is 34.2 Å². The van der Waals surface area contributed by atoms with Crippen molar-refractivity contribution in [2.24, 2.45) is 0 Å². The summed E-state index contributed by atoms with van der Waals surface area (Å²) in [5.41, 5.74) is 4.36. The molecule has 126 valence electrons. The van der Waals surface area contributed by atoms with Crippen LogP contribution in [0.15, 0.2) is 23.6 Å². The molecule has 7 heteroatoms. The zero-order valence-electron chi connectivity index (χ0n) is 13.8. The number of hydrogen-bond donors (Lipinski definition) is 2. The number of nitrogens with zero attached hydrogens (tertiary/aromatic N) is 2. The van der Waals surface area contributed by atoms with Crippen molar-refractivity contribution in [1.29, 1.82) is 0 Å². The number of carbonyl (C=O) groups is 2. The van der Waals surface area contributed by atoms with Gasteiger partial charge in [-0.25, -0.2) is 9.78 Å². The van der Waals surface area contributed by atoms with Crippen molar-refractivity contribution in [2.75, 3.05) is 24.5 Å². The second-order valence-corrected chi connectivity index (χ2v) is 6.74. The summed E-state index contributed by atoms with van der Waals surface area (Å²) in [6, 6.07) is 5.76. The molecule has 3 rings (SSSR count). The van der Waals surface area contributed by atoms with Crippen molar-refractivity contribution in [3.63, 3.8) is 0 Å². The fourth-order valence-electron chi connectivity index (χ4n) is 2.83. The Morgan fingerprint density at radius 1 is 1.38 bits per heavy atom. The molecule has 0 bridgehead atoms. The number of anilines is 1. The Morgan fingerprint density at radius 2 is 2.21 bits per heavy atom. The molecule has 0 aliphatic carbocycles. The molecule has 6 nitrogen and oxygen atoms in total. The molecule has 0 unspecified atom stereocenters. The molecule has 2 aromatic rings. The summed E-state index contributed by atoms with van der Waals surface area (Å²) in [5.74, 6) is -0.298. The van der Waals surface area contributed by atoms with E-state index in [9.17, 15) is 9.59 Å². The SMILES string of the molecule is CCNC(=O)NC(=O)CN1CCc2cc(-c3csc(C)n3)ccc21. The van der Waals surface area contributed by atoms with Crippen LogP contribution in [0.1, 0.15) is 17.5 Å². The van der Waals surface area contributed by atoms with E-state index in [0.29, 0.717) is 6.54 Å². The summed E-state index contributed by atoms with van der Waals surface area (Å²) < 4.78 is 0. The molecule has 1 aliphatic rings. The van der Waals surface area contributed by atoms with E-state index < -0.39 is 6.03 Å². The number of aryl methyl sites for hydroxylation is 1. The lowest BCUT2D eigenvalue weighted by Crippen LogP contribution is -2.44. The van der Waals surface area contributed by atoms with Gasteiger partial charge in [0.15, 0.2) is 0 Å². The molecule has 24 heavy (non-hydrogen) atoms. The Labute approximate surface area is 144 Å². The fourth-order valence-corrected chi connectivity index (χ4v) is 3.46. The maximum Gasteiger partial charge on any atom is 0.321 e. The van der Waals surface area contributed by atoms with Gasteiger partial charge in [-0.1, -0.05) is 6.07 Å². The first-order valence-corrected chi connectivity index (χ1v) is 8.83. The maximum absolute atomic E-state index is 12.0. The molecular formula is C17H20N4O2S. The second kappa shape index (κ2) is 7.00. The summed E-state index contributed by atoms with van der Waals surface area (Å²) in [6.07, 6.45) is 0.890. The van der Waals surface area contributed by atoms with Gasteiger partial charge in [0.2, 0.25) is 5.91 Å². The minimum absolute atomic E-state index is 0.180. The number of benzene rings is 1. The third kappa shape index (κ3) is 3.56. The zero-order valence-corrected chi connectivity index (χ0v) is 14.6. The highest BCUT2D eigenvalue weighted by Crippen LogP contribution is 2.32. The highest BCUT2D eigenvalue weighted by Gasteiger charge is 2.22. The zero-order chi connectivity index (χ0) is 17.1. The van der Waals surface area contributed by atoms with Crippen LogP contribution in [-0.4, -0.2) is 36.6 Å². The van der Waals surface area contributed by atoms with Crippen LogP contribution >= 0.6 is 11.3 Å². The maximum atomic E-state index is 12.0. The first kappa shape index (κ1) is 16.4. The van der Waals surface area contributed by atoms with E-state index in [2.05, 4.69) is 27.1 Å². The summed E-state index contributed by atoms with van der Waals surface area (Å²) in [7, 11) is 0. The molecule has 3 amide bonds. The number of imide groups is 1. The molecule has 0 radical (unpaired) electrons. The monoisotopic (exact) mass is 344 g/mol. The summed E-state index contributed by atoms with van der Waals surface area (Å²) in [5, 5.41) is 8.00. The van der Waals surface area contributed by atoms with Crippen molar-refractivity contribution in [3.8, 4) is 11.3 Å². The molecule has 0 saturated heterocycles. The lowest BCUT2D eigenvalue weighted by atomic mass is 10.1. The first-order valence-electron chi connectivity index (χ1n) is 7.95. The highest BCUT2D eigenvalue weighted by molar-refractivity contribution is 7.09. The Morgan fingerprint density at radius 3 is 2.92 bits per heavy atom. The quantitative estimate of drug-likeness (QED) is 0.893. The van der Waals surface area contributed by atoms with Crippen molar-refractivity contribution >= 4 is 29.0 Å². The minimum Gasteiger partial charge on any atom is -0.362 e. The van der Waals surface area contributed by atoms with Crippen LogP contribution in [0, 0.1) is 6.92 Å². The lowest BCUT2D eigenvalue weighted by molar-refractivity contribution is -0.118. The molecule has 2 N–H and O–H groups in total. The summed E-state index contributed by atoms with van der Waals surface area (Å²) in [4.78, 5) is 29.9. The third-order valence-corrected chi connectivity index (χ3v) is 4.68. The Bertz CT molecular complexity index is 772. The highest BCUT2D eigenvalue weighted by atomic mass is 32.1. The number of fused-ring (bicyclic) bond motifs is 1. The van der Waals surface area contributed by atoms with Gasteiger partial charge in [-0.15, -0.1) is 11.3 Å². The molecule has 1 aromatic carbocycles. The molecule has 2 heterocycles. The first-order chi connectivity index (χ1) is 11.6. The largest absolute Gasteiger partial charge is 0.362 e. The predicted octanol–water partition coefficient (Wildman–Crippen LogP) is 2.33. The number of nitrogens with one attached hydrogen (secondary N) is 2. The van der Waals surface area contributed by atoms with E-state index in [4.69, 9.17) is 0 Å². The van der Waals surface area contributed by atoms with Gasteiger partial charge >= 0.3 is 6.03 Å². The molecular weight excluding hydrogens is 324 g/mol. The lowest BCUT2D eigenvalue weighted by Gasteiger charge is -2.18. The molecule has 0 fully saturated rings. The molecule has 1 aliphatic heterocycles. The van der Waals surface area contributed by atoms with E-state index >= 15 is 0 Å². The fraction of sp³-hybridized carbons (Fsp3) is 0.353. The molecule has 0 spiro atoms. The van der Waals surface area contributed by atoms with Crippen molar-refractivity contribution in [2.45, 2.75) is 20.3 Å².